The van der Waals surface area contributed by atoms with Crippen molar-refractivity contribution in [2.45, 2.75) is 13.3 Å². The summed E-state index contributed by atoms with van der Waals surface area (Å²) in [7, 11) is 1.30. The molecule has 0 aliphatic heterocycles. The van der Waals surface area contributed by atoms with Crippen LogP contribution in [0.3, 0.4) is 0 Å². The molecule has 0 N–H and O–H groups in total. The van der Waals surface area contributed by atoms with Gasteiger partial charge in [0.25, 0.3) is 11.2 Å². The summed E-state index contributed by atoms with van der Waals surface area (Å²) in [6.07, 6.45) is 1.43. The number of aromatic nitrogens is 2. The maximum Gasteiger partial charge on any atom is 0.307 e. The Labute approximate surface area is 120 Å². The number of fused-ring (bicyclic) bond motifs is 1. The lowest BCUT2D eigenvalue weighted by Gasteiger charge is -2.15. The summed E-state index contributed by atoms with van der Waals surface area (Å²) < 4.78 is 5.86. The summed E-state index contributed by atoms with van der Waals surface area (Å²) in [5.41, 5.74) is 0.989. The van der Waals surface area contributed by atoms with Crippen LogP contribution < -0.4 is 4.43 Å². The molecule has 0 unspecified atom stereocenters. The van der Waals surface area contributed by atoms with E-state index in [4.69, 9.17) is 0 Å². The van der Waals surface area contributed by atoms with Crippen LogP contribution in [0.25, 0.3) is 11.0 Å². The van der Waals surface area contributed by atoms with Crippen LogP contribution in [0.1, 0.15) is 17.8 Å². The lowest BCUT2D eigenvalue weighted by atomic mass is 10.2. The van der Waals surface area contributed by atoms with E-state index in [-0.39, 0.29) is 35.8 Å². The number of para-hydroxylation sites is 2. The van der Waals surface area contributed by atoms with Crippen LogP contribution in [0.2, 0.25) is 0 Å². The first kappa shape index (κ1) is 14.7. The van der Waals surface area contributed by atoms with Gasteiger partial charge in [0.05, 0.1) is 29.9 Å². The minimum Gasteiger partial charge on any atom is -0.805 e. The van der Waals surface area contributed by atoms with Crippen molar-refractivity contribution in [3.63, 3.8) is 0 Å². The summed E-state index contributed by atoms with van der Waals surface area (Å²) in [4.78, 5) is 27.2. The molecule has 1 heterocycles. The highest BCUT2D eigenvalue weighted by atomic mass is 16.5. The molecule has 0 spiro atoms. The molecule has 110 valence electrons. The number of rotatable bonds is 4. The zero-order valence-corrected chi connectivity index (χ0v) is 11.8. The summed E-state index contributed by atoms with van der Waals surface area (Å²) in [6.45, 7) is 1.74. The Morgan fingerprint density at radius 1 is 1.48 bits per heavy atom. The summed E-state index contributed by atoms with van der Waals surface area (Å²) in [6, 6.07) is 6.54. The van der Waals surface area contributed by atoms with Crippen LogP contribution in [0.4, 0.5) is 0 Å². The van der Waals surface area contributed by atoms with Crippen molar-refractivity contribution in [1.29, 1.82) is 0 Å². The smallest absolute Gasteiger partial charge is 0.307 e. The summed E-state index contributed by atoms with van der Waals surface area (Å²) in [5.74, 6) is -0.378. The van der Waals surface area contributed by atoms with E-state index in [0.717, 1.165) is 0 Å². The Balaban J connectivity index is 2.38. The largest absolute Gasteiger partial charge is 0.805 e. The highest BCUT2D eigenvalue weighted by Gasteiger charge is 2.17. The van der Waals surface area contributed by atoms with E-state index in [2.05, 4.69) is 9.73 Å². The Hall–Kier alpha value is -2.70. The van der Waals surface area contributed by atoms with E-state index in [1.807, 2.05) is 0 Å². The predicted octanol–water partition coefficient (Wildman–Crippen LogP) is 1.19. The molecule has 2 rings (SSSR count). The van der Waals surface area contributed by atoms with Crippen LogP contribution in [-0.4, -0.2) is 30.6 Å². The first-order chi connectivity index (χ1) is 10.1. The Morgan fingerprint density at radius 2 is 2.19 bits per heavy atom. The number of methoxy groups -OCH3 is 1. The average Bonchev–Trinajstić information content (AvgIpc) is 2.51. The molecule has 0 saturated carbocycles. The maximum absolute atomic E-state index is 12.3. The van der Waals surface area contributed by atoms with E-state index in [1.54, 1.807) is 31.2 Å². The summed E-state index contributed by atoms with van der Waals surface area (Å²) >= 11 is 0. The molecule has 7 heteroatoms. The molecule has 2 aromatic rings. The van der Waals surface area contributed by atoms with E-state index in [1.165, 1.54) is 13.3 Å². The molecule has 0 bridgehead atoms. The monoisotopic (exact) mass is 289 g/mol. The van der Waals surface area contributed by atoms with Crippen molar-refractivity contribution in [3.05, 3.63) is 45.8 Å². The topological polar surface area (TPSA) is 89.6 Å². The minimum absolute atomic E-state index is 0.121. The number of carbonyl (C=O) groups excluding carboxylic acids is 1. The van der Waals surface area contributed by atoms with E-state index >= 15 is 0 Å². The van der Waals surface area contributed by atoms with Crippen molar-refractivity contribution in [3.8, 4) is 0 Å². The maximum atomic E-state index is 12.3. The molecule has 1 aromatic heterocycles. The van der Waals surface area contributed by atoms with Crippen molar-refractivity contribution in [2.24, 2.45) is 4.99 Å². The van der Waals surface area contributed by atoms with Crippen LogP contribution in [0.15, 0.2) is 29.3 Å². The molecule has 7 nitrogen and oxygen atoms in total. The second kappa shape index (κ2) is 6.17. The van der Waals surface area contributed by atoms with Gasteiger partial charge in [-0.1, -0.05) is 12.1 Å². The van der Waals surface area contributed by atoms with Gasteiger partial charge in [0.1, 0.15) is 5.52 Å². The van der Waals surface area contributed by atoms with Crippen LogP contribution in [0.5, 0.6) is 0 Å². The number of ether oxygens (including phenoxy) is 1. The van der Waals surface area contributed by atoms with Gasteiger partial charge in [0.2, 0.25) is 0 Å². The second-order valence-corrected chi connectivity index (χ2v) is 4.41. The number of aliphatic imine (C=N–C) groups is 1. The number of esters is 1. The van der Waals surface area contributed by atoms with Crippen LogP contribution >= 0.6 is 0 Å². The summed E-state index contributed by atoms with van der Waals surface area (Å²) in [5, 5.41) is 12.1. The second-order valence-electron chi connectivity index (χ2n) is 4.41. The van der Waals surface area contributed by atoms with Gasteiger partial charge in [0.15, 0.2) is 0 Å². The third-order valence-corrected chi connectivity index (χ3v) is 3.10. The standard InChI is InChI=1S/C14H15N3O4/c1-10-13(9-15-8-7-14(18)21-2)17(20)12-6-4-3-5-11(12)16(10)19/h3-6,9H,7-8H2,1-2H3. The van der Waals surface area contributed by atoms with Gasteiger partial charge in [-0.2, -0.15) is 0 Å². The molecule has 0 fully saturated rings. The van der Waals surface area contributed by atoms with E-state index in [0.29, 0.717) is 14.7 Å². The number of benzene rings is 1. The molecule has 0 amide bonds. The molecular weight excluding hydrogens is 274 g/mol. The van der Waals surface area contributed by atoms with Crippen LogP contribution in [0, 0.1) is 17.0 Å². The van der Waals surface area contributed by atoms with E-state index < -0.39 is 0 Å². The lowest BCUT2D eigenvalue weighted by molar-refractivity contribution is -0.466. The fourth-order valence-corrected chi connectivity index (χ4v) is 1.92. The SMILES string of the molecule is COC(=O)CCN=Cc1c(C)n([O-])c2ccccc2[n+]1=O. The van der Waals surface area contributed by atoms with E-state index in [9.17, 15) is 14.9 Å². The van der Waals surface area contributed by atoms with Crippen LogP contribution in [-0.2, 0) is 9.53 Å². The zero-order valence-electron chi connectivity index (χ0n) is 11.8. The van der Waals surface area contributed by atoms with Crippen molar-refractivity contribution in [2.75, 3.05) is 13.7 Å². The predicted molar refractivity (Wildman–Crippen MR) is 77.9 cm³/mol. The Kier molecular flexibility index (Phi) is 4.32. The first-order valence-electron chi connectivity index (χ1n) is 6.37. The van der Waals surface area contributed by atoms with Gasteiger partial charge in [-0.15, -0.1) is 0 Å². The van der Waals surface area contributed by atoms with Gasteiger partial charge in [-0.25, -0.2) is 0 Å². The molecule has 0 aliphatic carbocycles. The molecule has 0 radical (unpaired) electrons. The fourth-order valence-electron chi connectivity index (χ4n) is 1.92. The van der Waals surface area contributed by atoms with Gasteiger partial charge >= 0.3 is 5.97 Å². The fraction of sp³-hybridized carbons (Fsp3) is 0.286. The number of hydrogen-bond donors (Lipinski definition) is 0. The van der Waals surface area contributed by atoms with Crippen molar-refractivity contribution >= 4 is 23.2 Å². The molecule has 0 aliphatic rings. The Bertz CT molecular complexity index is 765. The average molecular weight is 289 g/mol. The van der Waals surface area contributed by atoms with Crippen molar-refractivity contribution < 1.29 is 14.0 Å². The zero-order chi connectivity index (χ0) is 15.4. The minimum atomic E-state index is -0.378. The molecular formula is C14H15N3O4. The van der Waals surface area contributed by atoms with Gasteiger partial charge in [-0.05, 0) is 13.0 Å². The number of nitrogens with zero attached hydrogens (tertiary/aromatic N) is 3. The normalized spacial score (nSPS) is 11.1. The third kappa shape index (κ3) is 2.91. The number of hydrogen-bond acceptors (Lipinski definition) is 5. The quantitative estimate of drug-likeness (QED) is 0.480. The van der Waals surface area contributed by atoms with Gasteiger partial charge < -0.3 is 14.7 Å². The highest BCUT2D eigenvalue weighted by molar-refractivity contribution is 5.81. The third-order valence-electron chi connectivity index (χ3n) is 3.10. The van der Waals surface area contributed by atoms with Crippen molar-refractivity contribution in [1.82, 2.24) is 4.73 Å². The first-order valence-corrected chi connectivity index (χ1v) is 6.37. The Morgan fingerprint density at radius 3 is 2.90 bits per heavy atom. The number of carbonyl (C=O) groups is 1. The molecule has 1 aromatic carbocycles. The molecule has 0 saturated heterocycles. The lowest BCUT2D eigenvalue weighted by Crippen LogP contribution is -2.26. The molecule has 0 atom stereocenters. The highest BCUT2D eigenvalue weighted by Crippen LogP contribution is 2.12. The molecule has 21 heavy (non-hydrogen) atoms. The van der Waals surface area contributed by atoms with Gasteiger partial charge in [-0.3, -0.25) is 9.79 Å². The van der Waals surface area contributed by atoms with Gasteiger partial charge in [0, 0.05) is 17.5 Å².